The van der Waals surface area contributed by atoms with Crippen molar-refractivity contribution in [3.63, 3.8) is 0 Å². The van der Waals surface area contributed by atoms with E-state index in [1.165, 1.54) is 7.11 Å². The molecule has 0 aliphatic heterocycles. The van der Waals surface area contributed by atoms with Crippen LogP contribution in [0.3, 0.4) is 0 Å². The van der Waals surface area contributed by atoms with Crippen molar-refractivity contribution in [2.45, 2.75) is 12.5 Å². The molecule has 0 aromatic carbocycles. The molecule has 0 rings (SSSR count). The first-order chi connectivity index (χ1) is 6.52. The minimum atomic E-state index is -1.34. The summed E-state index contributed by atoms with van der Waals surface area (Å²) in [6.07, 6.45) is -1.20. The fraction of sp³-hybridized carbons (Fsp3) is 0.750. The van der Waals surface area contributed by atoms with Gasteiger partial charge in [0.25, 0.3) is 0 Å². The monoisotopic (exact) mass is 206 g/mol. The van der Waals surface area contributed by atoms with Crippen LogP contribution in [0.5, 0.6) is 0 Å². The highest BCUT2D eigenvalue weighted by Crippen LogP contribution is 2.09. The smallest absolute Gasteiger partial charge is 0.320 e. The zero-order valence-corrected chi connectivity index (χ0v) is 8.10. The van der Waals surface area contributed by atoms with Gasteiger partial charge in [0, 0.05) is 7.11 Å². The van der Waals surface area contributed by atoms with E-state index in [0.717, 1.165) is 7.11 Å². The van der Waals surface area contributed by atoms with Crippen LogP contribution in [0.2, 0.25) is 0 Å². The summed E-state index contributed by atoms with van der Waals surface area (Å²) in [7, 11) is 2.47. The maximum atomic E-state index is 10.9. The third-order valence-electron chi connectivity index (χ3n) is 1.65. The number of aliphatic hydroxyl groups is 1. The lowest BCUT2D eigenvalue weighted by atomic mass is 10.0. The molecule has 2 atom stereocenters. The number of ether oxygens (including phenoxy) is 2. The molecule has 0 aromatic heterocycles. The Balaban J connectivity index is 4.23. The number of methoxy groups -OCH3 is 2. The first-order valence-corrected chi connectivity index (χ1v) is 4.00. The summed E-state index contributed by atoms with van der Waals surface area (Å²) in [5, 5.41) is 17.9. The fourth-order valence-corrected chi connectivity index (χ4v) is 0.973. The molecule has 2 unspecified atom stereocenters. The summed E-state index contributed by atoms with van der Waals surface area (Å²) < 4.78 is 8.88. The topological polar surface area (TPSA) is 93.1 Å². The molecule has 0 aliphatic carbocycles. The fourth-order valence-electron chi connectivity index (χ4n) is 0.973. The van der Waals surface area contributed by atoms with Crippen LogP contribution in [-0.2, 0) is 19.1 Å². The second kappa shape index (κ2) is 6.33. The highest BCUT2D eigenvalue weighted by atomic mass is 16.5. The van der Waals surface area contributed by atoms with Crippen LogP contribution in [-0.4, -0.2) is 49.1 Å². The molecule has 0 spiro atoms. The van der Waals surface area contributed by atoms with Gasteiger partial charge in [0.15, 0.2) is 5.92 Å². The number of carboxylic acid groups (broad SMARTS) is 1. The predicted molar refractivity (Wildman–Crippen MR) is 45.6 cm³/mol. The van der Waals surface area contributed by atoms with Crippen molar-refractivity contribution in [2.24, 2.45) is 5.92 Å². The largest absolute Gasteiger partial charge is 0.481 e. The van der Waals surface area contributed by atoms with E-state index in [9.17, 15) is 14.7 Å². The summed E-state index contributed by atoms with van der Waals surface area (Å²) in [4.78, 5) is 21.5. The number of carboxylic acids is 1. The van der Waals surface area contributed by atoms with E-state index >= 15 is 0 Å². The first-order valence-electron chi connectivity index (χ1n) is 4.00. The van der Waals surface area contributed by atoms with Crippen molar-refractivity contribution >= 4 is 11.9 Å². The van der Waals surface area contributed by atoms with Gasteiger partial charge in [-0.1, -0.05) is 0 Å². The van der Waals surface area contributed by atoms with Gasteiger partial charge in [0.2, 0.25) is 0 Å². The normalized spacial score (nSPS) is 14.5. The van der Waals surface area contributed by atoms with Crippen LogP contribution in [0.25, 0.3) is 0 Å². The van der Waals surface area contributed by atoms with Gasteiger partial charge in [0.05, 0.1) is 19.8 Å². The number of hydrogen-bond donors (Lipinski definition) is 2. The maximum absolute atomic E-state index is 10.9. The lowest BCUT2D eigenvalue weighted by Gasteiger charge is -2.13. The first kappa shape index (κ1) is 12.9. The third kappa shape index (κ3) is 4.20. The number of aliphatic hydroxyl groups excluding tert-OH is 1. The van der Waals surface area contributed by atoms with Gasteiger partial charge >= 0.3 is 11.9 Å². The van der Waals surface area contributed by atoms with Crippen molar-refractivity contribution in [1.29, 1.82) is 0 Å². The number of carbonyl (C=O) groups is 2. The number of rotatable bonds is 6. The van der Waals surface area contributed by atoms with E-state index < -0.39 is 24.0 Å². The standard InChI is InChI=1S/C8H14O6/c1-13-4-5(9)3-6(7(10)11)8(12)14-2/h5-6,9H,3-4H2,1-2H3,(H,10,11). The zero-order chi connectivity index (χ0) is 11.1. The Kier molecular flexibility index (Phi) is 5.82. The molecule has 0 fully saturated rings. The van der Waals surface area contributed by atoms with Crippen molar-refractivity contribution in [3.8, 4) is 0 Å². The third-order valence-corrected chi connectivity index (χ3v) is 1.65. The molecule has 0 saturated heterocycles. The maximum Gasteiger partial charge on any atom is 0.320 e. The molecule has 6 nitrogen and oxygen atoms in total. The number of hydrogen-bond acceptors (Lipinski definition) is 5. The minimum absolute atomic E-state index is 0.0131. The summed E-state index contributed by atoms with van der Waals surface area (Å²) in [6.45, 7) is -0.0131. The van der Waals surface area contributed by atoms with E-state index in [1.807, 2.05) is 0 Å². The molecule has 14 heavy (non-hydrogen) atoms. The molecule has 6 heteroatoms. The molecule has 2 N–H and O–H groups in total. The highest BCUT2D eigenvalue weighted by molar-refractivity contribution is 5.93. The van der Waals surface area contributed by atoms with Crippen molar-refractivity contribution in [2.75, 3.05) is 20.8 Å². The molecular formula is C8H14O6. The van der Waals surface area contributed by atoms with Crippen LogP contribution in [0.1, 0.15) is 6.42 Å². The number of carbonyl (C=O) groups excluding carboxylic acids is 1. The van der Waals surface area contributed by atoms with E-state index in [2.05, 4.69) is 9.47 Å². The Morgan fingerprint density at radius 1 is 1.36 bits per heavy atom. The van der Waals surface area contributed by atoms with Crippen LogP contribution in [0.15, 0.2) is 0 Å². The predicted octanol–water partition coefficient (Wildman–Crippen LogP) is -0.742. The van der Waals surface area contributed by atoms with E-state index in [-0.39, 0.29) is 13.0 Å². The summed E-state index contributed by atoms with van der Waals surface area (Å²) >= 11 is 0. The van der Waals surface area contributed by atoms with Gasteiger partial charge in [-0.05, 0) is 6.42 Å². The van der Waals surface area contributed by atoms with Gasteiger partial charge in [-0.2, -0.15) is 0 Å². The van der Waals surface area contributed by atoms with Crippen LogP contribution in [0, 0.1) is 5.92 Å². The molecule has 0 bridgehead atoms. The van der Waals surface area contributed by atoms with Crippen LogP contribution < -0.4 is 0 Å². The summed E-state index contributed by atoms with van der Waals surface area (Å²) in [6, 6.07) is 0. The average Bonchev–Trinajstić information content (AvgIpc) is 2.13. The van der Waals surface area contributed by atoms with Crippen LogP contribution >= 0.6 is 0 Å². The molecule has 0 heterocycles. The lowest BCUT2D eigenvalue weighted by Crippen LogP contribution is -2.30. The average molecular weight is 206 g/mol. The highest BCUT2D eigenvalue weighted by Gasteiger charge is 2.29. The molecular weight excluding hydrogens is 192 g/mol. The zero-order valence-electron chi connectivity index (χ0n) is 8.10. The van der Waals surface area contributed by atoms with Crippen molar-refractivity contribution < 1.29 is 29.3 Å². The van der Waals surface area contributed by atoms with Crippen molar-refractivity contribution in [1.82, 2.24) is 0 Å². The SMILES string of the molecule is COCC(O)CC(C(=O)O)C(=O)OC. The van der Waals surface area contributed by atoms with Gasteiger partial charge in [0.1, 0.15) is 0 Å². The van der Waals surface area contributed by atoms with Gasteiger partial charge < -0.3 is 19.7 Å². The molecule has 0 saturated carbocycles. The lowest BCUT2D eigenvalue weighted by molar-refractivity contribution is -0.158. The Bertz CT molecular complexity index is 202. The second-order valence-electron chi connectivity index (χ2n) is 2.76. The molecule has 0 radical (unpaired) electrons. The Morgan fingerprint density at radius 2 is 1.93 bits per heavy atom. The van der Waals surface area contributed by atoms with E-state index in [1.54, 1.807) is 0 Å². The van der Waals surface area contributed by atoms with Crippen molar-refractivity contribution in [3.05, 3.63) is 0 Å². The van der Waals surface area contributed by atoms with Crippen LogP contribution in [0.4, 0.5) is 0 Å². The minimum Gasteiger partial charge on any atom is -0.481 e. The van der Waals surface area contributed by atoms with Gasteiger partial charge in [-0.3, -0.25) is 9.59 Å². The number of aliphatic carboxylic acids is 1. The number of esters is 1. The Hall–Kier alpha value is -1.14. The van der Waals surface area contributed by atoms with E-state index in [4.69, 9.17) is 5.11 Å². The second-order valence-corrected chi connectivity index (χ2v) is 2.76. The molecule has 82 valence electrons. The Morgan fingerprint density at radius 3 is 2.29 bits per heavy atom. The quantitative estimate of drug-likeness (QED) is 0.439. The molecule has 0 aromatic rings. The van der Waals surface area contributed by atoms with E-state index in [0.29, 0.717) is 0 Å². The van der Waals surface area contributed by atoms with Gasteiger partial charge in [-0.25, -0.2) is 0 Å². The van der Waals surface area contributed by atoms with Gasteiger partial charge in [-0.15, -0.1) is 0 Å². The molecule has 0 amide bonds. The Labute approximate surface area is 81.4 Å². The summed E-state index contributed by atoms with van der Waals surface area (Å²) in [5.74, 6) is -3.52. The summed E-state index contributed by atoms with van der Waals surface area (Å²) in [5.41, 5.74) is 0. The molecule has 0 aliphatic rings.